The Labute approximate surface area is 104 Å². The third kappa shape index (κ3) is 2.81. The third-order valence-electron chi connectivity index (χ3n) is 2.90. The van der Waals surface area contributed by atoms with Crippen LogP contribution in [0.1, 0.15) is 24.3 Å². The van der Waals surface area contributed by atoms with Crippen molar-refractivity contribution in [1.29, 1.82) is 0 Å². The molecule has 1 saturated heterocycles. The summed E-state index contributed by atoms with van der Waals surface area (Å²) in [4.78, 5) is 4.08. The van der Waals surface area contributed by atoms with E-state index in [-0.39, 0.29) is 0 Å². The molecule has 0 bridgehead atoms. The SMILES string of the molecule is CCC(c1cc(Br)cs1)N1CCNCC1. The second kappa shape index (κ2) is 5.43. The first kappa shape index (κ1) is 11.6. The molecule has 1 unspecified atom stereocenters. The summed E-state index contributed by atoms with van der Waals surface area (Å²) in [5.41, 5.74) is 0. The molecule has 0 spiro atoms. The lowest BCUT2D eigenvalue weighted by Crippen LogP contribution is -2.44. The van der Waals surface area contributed by atoms with Gasteiger partial charge in [0.15, 0.2) is 0 Å². The predicted octanol–water partition coefficient (Wildman–Crippen LogP) is 2.87. The van der Waals surface area contributed by atoms with Crippen molar-refractivity contribution in [2.75, 3.05) is 26.2 Å². The topological polar surface area (TPSA) is 15.3 Å². The zero-order valence-corrected chi connectivity index (χ0v) is 11.4. The van der Waals surface area contributed by atoms with Gasteiger partial charge in [-0.3, -0.25) is 4.90 Å². The van der Waals surface area contributed by atoms with E-state index in [1.165, 1.54) is 28.9 Å². The van der Waals surface area contributed by atoms with E-state index >= 15 is 0 Å². The maximum absolute atomic E-state index is 3.53. The van der Waals surface area contributed by atoms with Gasteiger partial charge in [0.25, 0.3) is 0 Å². The molecule has 1 aromatic rings. The van der Waals surface area contributed by atoms with Crippen LogP contribution in [0.3, 0.4) is 0 Å². The van der Waals surface area contributed by atoms with Crippen molar-refractivity contribution in [2.24, 2.45) is 0 Å². The van der Waals surface area contributed by atoms with Crippen LogP contribution in [0.5, 0.6) is 0 Å². The fraction of sp³-hybridized carbons (Fsp3) is 0.636. The minimum Gasteiger partial charge on any atom is -0.314 e. The molecule has 1 aliphatic rings. The Balaban J connectivity index is 2.08. The molecule has 2 nitrogen and oxygen atoms in total. The first-order valence-electron chi connectivity index (χ1n) is 5.50. The molecule has 1 fully saturated rings. The van der Waals surface area contributed by atoms with Crippen LogP contribution in [-0.4, -0.2) is 31.1 Å². The highest BCUT2D eigenvalue weighted by Crippen LogP contribution is 2.31. The second-order valence-corrected chi connectivity index (χ2v) is 5.74. The van der Waals surface area contributed by atoms with Crippen molar-refractivity contribution >= 4 is 27.3 Å². The second-order valence-electron chi connectivity index (χ2n) is 3.88. The van der Waals surface area contributed by atoms with Gasteiger partial charge in [-0.1, -0.05) is 6.92 Å². The lowest BCUT2D eigenvalue weighted by atomic mass is 10.1. The lowest BCUT2D eigenvalue weighted by molar-refractivity contribution is 0.172. The number of nitrogens with one attached hydrogen (secondary N) is 1. The Morgan fingerprint density at radius 2 is 2.27 bits per heavy atom. The van der Waals surface area contributed by atoms with Crippen LogP contribution in [0.15, 0.2) is 15.9 Å². The molecule has 2 rings (SSSR count). The molecule has 1 atom stereocenters. The molecule has 0 aromatic carbocycles. The van der Waals surface area contributed by atoms with Crippen molar-refractivity contribution in [2.45, 2.75) is 19.4 Å². The van der Waals surface area contributed by atoms with Gasteiger partial charge in [0.1, 0.15) is 0 Å². The average molecular weight is 289 g/mol. The number of halogens is 1. The third-order valence-corrected chi connectivity index (χ3v) is 4.69. The van der Waals surface area contributed by atoms with Crippen LogP contribution in [0, 0.1) is 0 Å². The van der Waals surface area contributed by atoms with Crippen LogP contribution in [0.25, 0.3) is 0 Å². The molecule has 2 heterocycles. The Morgan fingerprint density at radius 1 is 1.53 bits per heavy atom. The normalized spacial score (nSPS) is 20.4. The van der Waals surface area contributed by atoms with E-state index in [1.54, 1.807) is 0 Å². The largest absolute Gasteiger partial charge is 0.314 e. The van der Waals surface area contributed by atoms with E-state index in [9.17, 15) is 0 Å². The van der Waals surface area contributed by atoms with E-state index in [2.05, 4.69) is 44.5 Å². The Hall–Kier alpha value is 0.1000. The van der Waals surface area contributed by atoms with E-state index in [0.717, 1.165) is 13.1 Å². The first-order chi connectivity index (χ1) is 7.31. The number of nitrogens with zero attached hydrogens (tertiary/aromatic N) is 1. The smallest absolute Gasteiger partial charge is 0.0440 e. The highest BCUT2D eigenvalue weighted by molar-refractivity contribution is 9.10. The number of thiophene rings is 1. The quantitative estimate of drug-likeness (QED) is 0.920. The summed E-state index contributed by atoms with van der Waals surface area (Å²) in [5.74, 6) is 0. The maximum Gasteiger partial charge on any atom is 0.0440 e. The molecule has 0 amide bonds. The number of hydrogen-bond acceptors (Lipinski definition) is 3. The Bertz CT molecular complexity index is 307. The Kier molecular flexibility index (Phi) is 4.20. The zero-order chi connectivity index (χ0) is 10.7. The summed E-state index contributed by atoms with van der Waals surface area (Å²) in [6.45, 7) is 6.88. The molecule has 0 radical (unpaired) electrons. The predicted molar refractivity (Wildman–Crippen MR) is 69.5 cm³/mol. The molecule has 1 aromatic heterocycles. The summed E-state index contributed by atoms with van der Waals surface area (Å²) in [6, 6.07) is 2.88. The van der Waals surface area contributed by atoms with Gasteiger partial charge >= 0.3 is 0 Å². The van der Waals surface area contributed by atoms with Crippen molar-refractivity contribution < 1.29 is 0 Å². The highest BCUT2D eigenvalue weighted by Gasteiger charge is 2.21. The van der Waals surface area contributed by atoms with E-state index in [4.69, 9.17) is 0 Å². The van der Waals surface area contributed by atoms with Gasteiger partial charge < -0.3 is 5.32 Å². The van der Waals surface area contributed by atoms with Gasteiger partial charge in [-0.2, -0.15) is 0 Å². The standard InChI is InChI=1S/C11H17BrN2S/c1-2-10(11-7-9(12)8-15-11)14-5-3-13-4-6-14/h7-8,10,13H,2-6H2,1H3. The molecular formula is C11H17BrN2S. The van der Waals surface area contributed by atoms with Crippen molar-refractivity contribution in [3.8, 4) is 0 Å². The minimum absolute atomic E-state index is 0.614. The number of rotatable bonds is 3. The molecule has 84 valence electrons. The van der Waals surface area contributed by atoms with Crippen molar-refractivity contribution in [3.63, 3.8) is 0 Å². The summed E-state index contributed by atoms with van der Waals surface area (Å²) < 4.78 is 1.22. The van der Waals surface area contributed by atoms with Crippen LogP contribution in [0.2, 0.25) is 0 Å². The van der Waals surface area contributed by atoms with Crippen molar-refractivity contribution in [3.05, 3.63) is 20.8 Å². The monoisotopic (exact) mass is 288 g/mol. The highest BCUT2D eigenvalue weighted by atomic mass is 79.9. The van der Waals surface area contributed by atoms with Gasteiger partial charge in [0.2, 0.25) is 0 Å². The molecule has 4 heteroatoms. The summed E-state index contributed by atoms with van der Waals surface area (Å²) in [5, 5.41) is 5.58. The van der Waals surface area contributed by atoms with Crippen LogP contribution < -0.4 is 5.32 Å². The van der Waals surface area contributed by atoms with E-state index < -0.39 is 0 Å². The van der Waals surface area contributed by atoms with E-state index in [1.807, 2.05) is 11.3 Å². The summed E-state index contributed by atoms with van der Waals surface area (Å²) in [7, 11) is 0. The van der Waals surface area contributed by atoms with Crippen LogP contribution in [-0.2, 0) is 0 Å². The van der Waals surface area contributed by atoms with Crippen LogP contribution >= 0.6 is 27.3 Å². The minimum atomic E-state index is 0.614. The average Bonchev–Trinajstić information content (AvgIpc) is 2.68. The summed E-state index contributed by atoms with van der Waals surface area (Å²) in [6.07, 6.45) is 1.20. The fourth-order valence-corrected chi connectivity index (χ4v) is 3.80. The van der Waals surface area contributed by atoms with Crippen LogP contribution in [0.4, 0.5) is 0 Å². The van der Waals surface area contributed by atoms with Gasteiger partial charge in [0, 0.05) is 47.0 Å². The molecule has 0 aliphatic carbocycles. The fourth-order valence-electron chi connectivity index (χ4n) is 2.14. The van der Waals surface area contributed by atoms with Crippen molar-refractivity contribution in [1.82, 2.24) is 10.2 Å². The molecule has 15 heavy (non-hydrogen) atoms. The summed E-state index contributed by atoms with van der Waals surface area (Å²) >= 11 is 5.40. The van der Waals surface area contributed by atoms with Gasteiger partial charge in [-0.05, 0) is 28.4 Å². The molecular weight excluding hydrogens is 272 g/mol. The maximum atomic E-state index is 3.53. The molecule has 0 saturated carbocycles. The number of hydrogen-bond donors (Lipinski definition) is 1. The zero-order valence-electron chi connectivity index (χ0n) is 9.00. The molecule has 1 N–H and O–H groups in total. The van der Waals surface area contributed by atoms with Gasteiger partial charge in [0.05, 0.1) is 0 Å². The van der Waals surface area contributed by atoms with Gasteiger partial charge in [-0.15, -0.1) is 11.3 Å². The van der Waals surface area contributed by atoms with E-state index in [0.29, 0.717) is 6.04 Å². The first-order valence-corrected chi connectivity index (χ1v) is 7.17. The van der Waals surface area contributed by atoms with Gasteiger partial charge in [-0.25, -0.2) is 0 Å². The number of piperazine rings is 1. The Morgan fingerprint density at radius 3 is 2.80 bits per heavy atom. The molecule has 1 aliphatic heterocycles. The lowest BCUT2D eigenvalue weighted by Gasteiger charge is -2.33.